The van der Waals surface area contributed by atoms with E-state index in [2.05, 4.69) is 56.3 Å². The molecule has 1 aliphatic heterocycles. The summed E-state index contributed by atoms with van der Waals surface area (Å²) >= 11 is 0. The van der Waals surface area contributed by atoms with Crippen LogP contribution in [0, 0.1) is 0 Å². The van der Waals surface area contributed by atoms with E-state index in [-0.39, 0.29) is 5.56 Å². The van der Waals surface area contributed by atoms with Gasteiger partial charge in [-0.25, -0.2) is 0 Å². The molecule has 0 bridgehead atoms. The third kappa shape index (κ3) is 4.65. The van der Waals surface area contributed by atoms with Gasteiger partial charge >= 0.3 is 0 Å². The average molecular weight is 394 g/mol. The molecule has 0 atom stereocenters. The van der Waals surface area contributed by atoms with Gasteiger partial charge in [-0.3, -0.25) is 14.7 Å². The Bertz CT molecular complexity index is 973. The van der Waals surface area contributed by atoms with E-state index in [0.717, 1.165) is 31.9 Å². The lowest BCUT2D eigenvalue weighted by Crippen LogP contribution is -2.48. The molecule has 3 heterocycles. The maximum Gasteiger partial charge on any atom is 0.274 e. The molecule has 1 saturated heterocycles. The highest BCUT2D eigenvalue weighted by atomic mass is 16.3. The first kappa shape index (κ1) is 19.2. The van der Waals surface area contributed by atoms with Crippen molar-refractivity contribution in [1.29, 1.82) is 0 Å². The third-order valence-corrected chi connectivity index (χ3v) is 5.23. The van der Waals surface area contributed by atoms with Crippen LogP contribution in [0.25, 0.3) is 0 Å². The molecule has 1 fully saturated rings. The summed E-state index contributed by atoms with van der Waals surface area (Å²) < 4.78 is 5.25. The zero-order valence-corrected chi connectivity index (χ0v) is 16.8. The normalized spacial score (nSPS) is 15.1. The van der Waals surface area contributed by atoms with Crippen LogP contribution in [0.3, 0.4) is 0 Å². The van der Waals surface area contributed by atoms with E-state index >= 15 is 0 Å². The summed E-state index contributed by atoms with van der Waals surface area (Å²) in [6.45, 7) is 8.71. The molecular formula is C21H26N6O2. The number of aromatic amines is 1. The molecule has 1 aliphatic rings. The van der Waals surface area contributed by atoms with Crippen LogP contribution in [0.1, 0.15) is 25.3 Å². The Kier molecular flexibility index (Phi) is 5.62. The number of nitrogens with one attached hydrogen (secondary N) is 2. The van der Waals surface area contributed by atoms with Crippen LogP contribution >= 0.6 is 0 Å². The molecule has 152 valence electrons. The zero-order chi connectivity index (χ0) is 20.2. The van der Waals surface area contributed by atoms with E-state index < -0.39 is 0 Å². The fourth-order valence-corrected chi connectivity index (χ4v) is 3.50. The molecule has 0 saturated carbocycles. The molecule has 2 aromatic heterocycles. The number of hydrogen-bond acceptors (Lipinski definition) is 7. The summed E-state index contributed by atoms with van der Waals surface area (Å²) in [5, 5.41) is 11.2. The molecule has 0 amide bonds. The molecule has 0 aliphatic carbocycles. The molecule has 0 unspecified atom stereocenters. The predicted molar refractivity (Wildman–Crippen MR) is 113 cm³/mol. The zero-order valence-electron chi connectivity index (χ0n) is 16.8. The van der Waals surface area contributed by atoms with Gasteiger partial charge in [-0.15, -0.1) is 10.2 Å². The van der Waals surface area contributed by atoms with E-state index in [1.165, 1.54) is 5.69 Å². The van der Waals surface area contributed by atoms with Crippen LogP contribution in [-0.2, 0) is 6.42 Å². The number of furan rings is 1. The first-order valence-electron chi connectivity index (χ1n) is 9.93. The lowest BCUT2D eigenvalue weighted by molar-refractivity contribution is 0.209. The molecule has 8 heteroatoms. The highest BCUT2D eigenvalue weighted by Crippen LogP contribution is 2.21. The molecule has 0 radical (unpaired) electrons. The van der Waals surface area contributed by atoms with Gasteiger partial charge in [0.05, 0.1) is 12.7 Å². The summed E-state index contributed by atoms with van der Waals surface area (Å²) in [5.74, 6) is 0.992. The number of hydrogen-bond donors (Lipinski definition) is 2. The van der Waals surface area contributed by atoms with Crippen LogP contribution in [0.5, 0.6) is 0 Å². The highest BCUT2D eigenvalue weighted by Gasteiger charge is 2.18. The van der Waals surface area contributed by atoms with Gasteiger partial charge in [0.15, 0.2) is 0 Å². The number of benzene rings is 1. The van der Waals surface area contributed by atoms with Gasteiger partial charge in [-0.2, -0.15) is 0 Å². The SMILES string of the molecule is CC(C)N1CCN(c2ccc(Nc3nnc(Cc4ccco4)c(=O)[nH]3)cc2)CC1. The Morgan fingerprint density at radius 1 is 1.10 bits per heavy atom. The lowest BCUT2D eigenvalue weighted by atomic mass is 10.2. The molecule has 4 rings (SSSR count). The second-order valence-corrected chi connectivity index (χ2v) is 7.49. The van der Waals surface area contributed by atoms with E-state index in [9.17, 15) is 4.79 Å². The highest BCUT2D eigenvalue weighted by molar-refractivity contribution is 5.59. The van der Waals surface area contributed by atoms with Crippen molar-refractivity contribution in [2.45, 2.75) is 26.3 Å². The number of nitrogens with zero attached hydrogens (tertiary/aromatic N) is 4. The van der Waals surface area contributed by atoms with Crippen molar-refractivity contribution in [1.82, 2.24) is 20.1 Å². The minimum Gasteiger partial charge on any atom is -0.469 e. The van der Waals surface area contributed by atoms with Gasteiger partial charge in [-0.05, 0) is 50.2 Å². The fourth-order valence-electron chi connectivity index (χ4n) is 3.50. The third-order valence-electron chi connectivity index (χ3n) is 5.23. The summed E-state index contributed by atoms with van der Waals surface area (Å²) in [5.41, 5.74) is 2.09. The smallest absolute Gasteiger partial charge is 0.274 e. The van der Waals surface area contributed by atoms with Gasteiger partial charge in [-0.1, -0.05) is 0 Å². The van der Waals surface area contributed by atoms with Crippen LogP contribution < -0.4 is 15.8 Å². The topological polar surface area (TPSA) is 90.3 Å². The van der Waals surface area contributed by atoms with Gasteiger partial charge in [0, 0.05) is 43.6 Å². The van der Waals surface area contributed by atoms with Crippen molar-refractivity contribution in [3.63, 3.8) is 0 Å². The van der Waals surface area contributed by atoms with Crippen molar-refractivity contribution >= 4 is 17.3 Å². The second kappa shape index (κ2) is 8.48. The van der Waals surface area contributed by atoms with Gasteiger partial charge < -0.3 is 14.6 Å². The second-order valence-electron chi connectivity index (χ2n) is 7.49. The Balaban J connectivity index is 1.37. The molecule has 1 aromatic carbocycles. The quantitative estimate of drug-likeness (QED) is 0.664. The number of aromatic nitrogens is 3. The first-order valence-corrected chi connectivity index (χ1v) is 9.93. The van der Waals surface area contributed by atoms with Crippen molar-refractivity contribution in [3.8, 4) is 0 Å². The monoisotopic (exact) mass is 394 g/mol. The van der Waals surface area contributed by atoms with Crippen LogP contribution in [0.2, 0.25) is 0 Å². The van der Waals surface area contributed by atoms with Crippen molar-refractivity contribution < 1.29 is 4.42 Å². The van der Waals surface area contributed by atoms with E-state index in [4.69, 9.17) is 4.42 Å². The van der Waals surface area contributed by atoms with Crippen LogP contribution in [-0.4, -0.2) is 52.3 Å². The predicted octanol–water partition coefficient (Wildman–Crippen LogP) is 2.62. The maximum absolute atomic E-state index is 12.2. The first-order chi connectivity index (χ1) is 14.1. The molecule has 2 N–H and O–H groups in total. The molecule has 8 nitrogen and oxygen atoms in total. The van der Waals surface area contributed by atoms with Gasteiger partial charge in [0.2, 0.25) is 5.95 Å². The largest absolute Gasteiger partial charge is 0.469 e. The Hall–Kier alpha value is -3.13. The number of rotatable bonds is 6. The minimum atomic E-state index is -0.279. The summed E-state index contributed by atoms with van der Waals surface area (Å²) in [6, 6.07) is 12.3. The molecular weight excluding hydrogens is 368 g/mol. The average Bonchev–Trinajstić information content (AvgIpc) is 3.24. The Morgan fingerprint density at radius 3 is 2.48 bits per heavy atom. The summed E-state index contributed by atoms with van der Waals surface area (Å²) in [7, 11) is 0. The minimum absolute atomic E-state index is 0.279. The standard InChI is InChI=1S/C21H26N6O2/c1-15(2)26-9-11-27(12-10-26)17-7-5-16(6-8-17)22-21-23-20(28)19(24-25-21)14-18-4-3-13-29-18/h3-8,13,15H,9-12,14H2,1-2H3,(H2,22,23,25,28). The Labute approximate surface area is 169 Å². The van der Waals surface area contributed by atoms with E-state index in [1.807, 2.05) is 12.1 Å². The fraction of sp³-hybridized carbons (Fsp3) is 0.381. The summed E-state index contributed by atoms with van der Waals surface area (Å²) in [6.07, 6.45) is 1.88. The van der Waals surface area contributed by atoms with Crippen LogP contribution in [0.4, 0.5) is 17.3 Å². The summed E-state index contributed by atoms with van der Waals surface area (Å²) in [4.78, 5) is 19.9. The van der Waals surface area contributed by atoms with Gasteiger partial charge in [0.1, 0.15) is 11.5 Å². The number of H-pyrrole nitrogens is 1. The van der Waals surface area contributed by atoms with Crippen LogP contribution in [0.15, 0.2) is 51.9 Å². The number of anilines is 3. The molecule has 3 aromatic rings. The van der Waals surface area contributed by atoms with Crippen molar-refractivity contribution in [3.05, 3.63) is 64.5 Å². The molecule has 0 spiro atoms. The van der Waals surface area contributed by atoms with Crippen molar-refractivity contribution in [2.75, 3.05) is 36.4 Å². The Morgan fingerprint density at radius 2 is 1.86 bits per heavy atom. The van der Waals surface area contributed by atoms with E-state index in [1.54, 1.807) is 18.4 Å². The van der Waals surface area contributed by atoms with Crippen molar-refractivity contribution in [2.24, 2.45) is 0 Å². The number of piperazine rings is 1. The van der Waals surface area contributed by atoms with E-state index in [0.29, 0.717) is 29.9 Å². The maximum atomic E-state index is 12.2. The lowest BCUT2D eigenvalue weighted by Gasteiger charge is -2.38. The molecule has 29 heavy (non-hydrogen) atoms. The van der Waals surface area contributed by atoms with Gasteiger partial charge in [0.25, 0.3) is 5.56 Å².